The molecule has 2 bridgehead atoms. The Kier molecular flexibility index (Phi) is 4.27. The number of nitrogens with two attached hydrogens (primary N) is 1. The minimum Gasteiger partial charge on any atom is -0.482 e. The van der Waals surface area contributed by atoms with Crippen molar-refractivity contribution in [2.45, 2.75) is 40.0 Å². The lowest BCUT2D eigenvalue weighted by Crippen LogP contribution is -2.12. The Balaban J connectivity index is 1.79. The van der Waals surface area contributed by atoms with Crippen molar-refractivity contribution in [2.75, 3.05) is 5.73 Å². The highest BCUT2D eigenvalue weighted by Gasteiger charge is 2.23. The summed E-state index contributed by atoms with van der Waals surface area (Å²) in [5, 5.41) is 4.58. The Hall–Kier alpha value is -3.68. The molecule has 1 aliphatic rings. The number of hydrogen-bond donors (Lipinski definition) is 1. The molecule has 0 saturated heterocycles. The zero-order chi connectivity index (χ0) is 20.8. The van der Waals surface area contributed by atoms with Crippen molar-refractivity contribution in [3.63, 3.8) is 0 Å². The maximum atomic E-state index is 6.30. The maximum Gasteiger partial charge on any atom is 0.166 e. The maximum absolute atomic E-state index is 6.30. The van der Waals surface area contributed by atoms with Crippen molar-refractivity contribution in [2.24, 2.45) is 0 Å². The molecule has 8 nitrogen and oxygen atoms in total. The molecule has 152 valence electrons. The molecule has 0 unspecified atom stereocenters. The second-order valence-electron chi connectivity index (χ2n) is 7.53. The van der Waals surface area contributed by atoms with Gasteiger partial charge in [-0.2, -0.15) is 5.10 Å². The number of aryl methyl sites for hydroxylation is 2. The van der Waals surface area contributed by atoms with Crippen molar-refractivity contribution in [3.8, 4) is 28.5 Å². The number of ether oxygens (including phenoxy) is 1. The summed E-state index contributed by atoms with van der Waals surface area (Å²) in [6.07, 6.45) is 9.02. The number of anilines is 1. The molecule has 2 N–H and O–H groups in total. The predicted octanol–water partition coefficient (Wildman–Crippen LogP) is 3.62. The van der Waals surface area contributed by atoms with Crippen LogP contribution in [0.5, 0.6) is 5.75 Å². The van der Waals surface area contributed by atoms with Gasteiger partial charge < -0.3 is 15.0 Å². The molecule has 0 saturated carbocycles. The van der Waals surface area contributed by atoms with Crippen LogP contribution in [0.15, 0.2) is 43.1 Å². The van der Waals surface area contributed by atoms with E-state index < -0.39 is 0 Å². The van der Waals surface area contributed by atoms with E-state index in [4.69, 9.17) is 15.5 Å². The number of rotatable bonds is 1. The minimum atomic E-state index is -0.285. The summed E-state index contributed by atoms with van der Waals surface area (Å²) < 4.78 is 10.4. The van der Waals surface area contributed by atoms with Crippen molar-refractivity contribution < 1.29 is 4.74 Å². The van der Waals surface area contributed by atoms with Gasteiger partial charge in [0.1, 0.15) is 11.8 Å². The van der Waals surface area contributed by atoms with Crippen LogP contribution in [0.3, 0.4) is 0 Å². The Morgan fingerprint density at radius 2 is 2.03 bits per heavy atom. The van der Waals surface area contributed by atoms with E-state index in [9.17, 15) is 0 Å². The number of nitrogens with zero attached hydrogens (tertiary/aromatic N) is 6. The highest BCUT2D eigenvalue weighted by Crippen LogP contribution is 2.36. The fraction of sp³-hybridized carbons (Fsp3) is 0.273. The average Bonchev–Trinajstić information content (AvgIpc) is 3.36. The van der Waals surface area contributed by atoms with E-state index in [0.29, 0.717) is 18.1 Å². The van der Waals surface area contributed by atoms with Crippen LogP contribution in [-0.4, -0.2) is 29.3 Å². The van der Waals surface area contributed by atoms with Gasteiger partial charge in [0.05, 0.1) is 18.4 Å². The number of fused-ring (bicyclic) bond motifs is 7. The molecule has 5 rings (SSSR count). The average molecular weight is 401 g/mol. The molecule has 5 heterocycles. The highest BCUT2D eigenvalue weighted by atomic mass is 16.5. The van der Waals surface area contributed by atoms with Crippen LogP contribution >= 0.6 is 0 Å². The van der Waals surface area contributed by atoms with E-state index in [1.807, 2.05) is 43.2 Å². The van der Waals surface area contributed by atoms with Gasteiger partial charge in [0.2, 0.25) is 0 Å². The van der Waals surface area contributed by atoms with Gasteiger partial charge in [0.15, 0.2) is 17.4 Å². The van der Waals surface area contributed by atoms with Gasteiger partial charge in [-0.15, -0.1) is 0 Å². The third-order valence-electron chi connectivity index (χ3n) is 5.43. The third kappa shape index (κ3) is 2.92. The van der Waals surface area contributed by atoms with Crippen molar-refractivity contribution in [1.82, 2.24) is 29.3 Å². The number of pyridine rings is 2. The molecule has 30 heavy (non-hydrogen) atoms. The second kappa shape index (κ2) is 6.98. The quantitative estimate of drug-likeness (QED) is 0.523. The van der Waals surface area contributed by atoms with Crippen LogP contribution in [0.2, 0.25) is 0 Å². The van der Waals surface area contributed by atoms with Crippen LogP contribution in [0.25, 0.3) is 22.8 Å². The molecule has 0 aliphatic carbocycles. The lowest BCUT2D eigenvalue weighted by molar-refractivity contribution is 0.227. The van der Waals surface area contributed by atoms with E-state index >= 15 is 0 Å². The van der Waals surface area contributed by atoms with Crippen LogP contribution < -0.4 is 10.5 Å². The minimum absolute atomic E-state index is 0.285. The van der Waals surface area contributed by atoms with Gasteiger partial charge in [-0.3, -0.25) is 9.67 Å². The summed E-state index contributed by atoms with van der Waals surface area (Å²) >= 11 is 0. The lowest BCUT2D eigenvalue weighted by atomic mass is 10.0. The van der Waals surface area contributed by atoms with Gasteiger partial charge in [-0.05, 0) is 38.5 Å². The first kappa shape index (κ1) is 18.4. The third-order valence-corrected chi connectivity index (χ3v) is 5.43. The molecule has 0 radical (unpaired) electrons. The van der Waals surface area contributed by atoms with E-state index in [-0.39, 0.29) is 6.10 Å². The molecule has 0 amide bonds. The zero-order valence-corrected chi connectivity index (χ0v) is 17.2. The summed E-state index contributed by atoms with van der Waals surface area (Å²) in [7, 11) is 0. The molecule has 4 aromatic heterocycles. The number of hydrogen-bond acceptors (Lipinski definition) is 6. The van der Waals surface area contributed by atoms with Crippen molar-refractivity contribution in [3.05, 3.63) is 59.8 Å². The highest BCUT2D eigenvalue weighted by molar-refractivity contribution is 5.68. The summed E-state index contributed by atoms with van der Waals surface area (Å²) in [6.45, 7) is 7.44. The number of imidazole rings is 1. The van der Waals surface area contributed by atoms with Crippen LogP contribution in [0.4, 0.5) is 5.82 Å². The van der Waals surface area contributed by atoms with E-state index in [1.54, 1.807) is 12.4 Å². The second-order valence-corrected chi connectivity index (χ2v) is 7.53. The SMILES string of the molecule is CCn1ncc2c1-c1cnc(N)c(c1)O[C@H](C)c1cc(C)cnc1-c1nccn1C2. The molecule has 0 spiro atoms. The molecule has 4 aromatic rings. The summed E-state index contributed by atoms with van der Waals surface area (Å²) in [6, 6.07) is 4.04. The molecule has 1 aliphatic heterocycles. The fourth-order valence-electron chi connectivity index (χ4n) is 3.97. The Labute approximate surface area is 174 Å². The monoisotopic (exact) mass is 401 g/mol. The zero-order valence-electron chi connectivity index (χ0n) is 17.2. The molecule has 0 fully saturated rings. The van der Waals surface area contributed by atoms with Gasteiger partial charge in [0.25, 0.3) is 0 Å². The molecular formula is C22H23N7O. The molecule has 0 aromatic carbocycles. The van der Waals surface area contributed by atoms with Crippen molar-refractivity contribution >= 4 is 5.82 Å². The first-order valence-corrected chi connectivity index (χ1v) is 10.0. The Bertz CT molecular complexity index is 1240. The van der Waals surface area contributed by atoms with Gasteiger partial charge >= 0.3 is 0 Å². The lowest BCUT2D eigenvalue weighted by Gasteiger charge is -2.21. The summed E-state index contributed by atoms with van der Waals surface area (Å²) in [5.74, 6) is 1.70. The van der Waals surface area contributed by atoms with Crippen LogP contribution in [0, 0.1) is 6.92 Å². The van der Waals surface area contributed by atoms with Gasteiger partial charge in [0, 0.05) is 48.0 Å². The Morgan fingerprint density at radius 1 is 1.17 bits per heavy atom. The summed E-state index contributed by atoms with van der Waals surface area (Å²) in [5.41, 5.74) is 12.0. The van der Waals surface area contributed by atoms with E-state index in [2.05, 4.69) is 32.6 Å². The number of aromatic nitrogens is 6. The Morgan fingerprint density at radius 3 is 2.87 bits per heavy atom. The van der Waals surface area contributed by atoms with E-state index in [1.165, 1.54) is 0 Å². The largest absolute Gasteiger partial charge is 0.482 e. The standard InChI is InChI=1S/C22H23N7O/c1-4-29-20-15-8-18(21(23)26-10-15)30-14(3)17-7-13(2)9-25-19(17)22-24-5-6-28(22)12-16(20)11-27-29/h5-11,14H,4,12H2,1-3H3,(H2,23,26)/t14-/m1/s1. The summed E-state index contributed by atoms with van der Waals surface area (Å²) in [4.78, 5) is 13.7. The smallest absolute Gasteiger partial charge is 0.166 e. The normalized spacial score (nSPS) is 15.2. The van der Waals surface area contributed by atoms with Crippen molar-refractivity contribution in [1.29, 1.82) is 0 Å². The molecule has 1 atom stereocenters. The van der Waals surface area contributed by atoms with Crippen LogP contribution in [-0.2, 0) is 13.1 Å². The first-order chi connectivity index (χ1) is 14.5. The number of nitrogen functional groups attached to an aromatic ring is 1. The predicted molar refractivity (Wildman–Crippen MR) is 114 cm³/mol. The van der Waals surface area contributed by atoms with Gasteiger partial charge in [-0.1, -0.05) is 0 Å². The molecule has 8 heteroatoms. The van der Waals surface area contributed by atoms with E-state index in [0.717, 1.165) is 46.0 Å². The topological polar surface area (TPSA) is 96.7 Å². The fourth-order valence-corrected chi connectivity index (χ4v) is 3.97. The van der Waals surface area contributed by atoms with Crippen LogP contribution in [0.1, 0.15) is 36.6 Å². The molecular weight excluding hydrogens is 378 g/mol. The van der Waals surface area contributed by atoms with Gasteiger partial charge in [-0.25, -0.2) is 9.97 Å². The first-order valence-electron chi connectivity index (χ1n) is 10.0.